The first-order valence-corrected chi connectivity index (χ1v) is 29.3. The predicted molar refractivity (Wildman–Crippen MR) is 349 cm³/mol. The summed E-state index contributed by atoms with van der Waals surface area (Å²) in [5.74, 6) is -2.58. The number of benzene rings is 10. The van der Waals surface area contributed by atoms with E-state index in [2.05, 4.69) is 55.1 Å². The Balaban J connectivity index is 0.000000132. The van der Waals surface area contributed by atoms with Crippen molar-refractivity contribution in [1.82, 2.24) is 0 Å². The standard InChI is InChI=1S/C16H16O4.C16H12O2.C16H18O2.C16H16O.C14H8O2/c1-10-3-5-13(12(7-10)9-20-19)14-6-4-11(2)8-15(14)16(17)18;1-9-3-5-11-12-6-4-10(2)8-14(12)16(18)15(17)13(11)7-9;1-11-3-5-15(13(7-11)9-17)16-6-4-12(2)8-14(16)10-18;1-11-3-5-15-13(7-11)9-17-10-14-8-12(2)4-6-16(14)15;15-13-11-7-3-1-5-9(11)10-6-2-4-8-12(10)14(13)16/h3-8,19H,9H2,1-2H3,(H,17,18);3-8H,1-2H3;3-8,17-18H,9-10H2,1-2H3;3-8H,9-10H2,1-2H3;1-8H. The first-order valence-electron chi connectivity index (χ1n) is 29.3. The zero-order chi connectivity index (χ0) is 63.6. The molecular formula is C78H70O11. The number of ether oxygens (including phenoxy) is 1. The number of carbonyl (C=O) groups is 5. The van der Waals surface area contributed by atoms with Crippen LogP contribution < -0.4 is 0 Å². The van der Waals surface area contributed by atoms with Crippen LogP contribution in [0.2, 0.25) is 0 Å². The average Bonchev–Trinajstić information content (AvgIpc) is 1.50. The largest absolute Gasteiger partial charge is 0.478 e. The van der Waals surface area contributed by atoms with Crippen molar-refractivity contribution in [2.75, 3.05) is 0 Å². The summed E-state index contributed by atoms with van der Waals surface area (Å²) in [7, 11) is 0. The molecule has 0 aromatic heterocycles. The van der Waals surface area contributed by atoms with Crippen molar-refractivity contribution in [3.8, 4) is 55.6 Å². The van der Waals surface area contributed by atoms with Crippen molar-refractivity contribution in [2.45, 2.75) is 88.4 Å². The van der Waals surface area contributed by atoms with Gasteiger partial charge in [-0.1, -0.05) is 220 Å². The number of carbonyl (C=O) groups excluding carboxylic acids is 4. The second-order valence-electron chi connectivity index (χ2n) is 22.7. The highest BCUT2D eigenvalue weighted by Crippen LogP contribution is 2.37. The van der Waals surface area contributed by atoms with E-state index in [9.17, 15) is 39.3 Å². The van der Waals surface area contributed by atoms with Crippen molar-refractivity contribution in [3.05, 3.63) is 294 Å². The van der Waals surface area contributed by atoms with Gasteiger partial charge in [0.15, 0.2) is 0 Å². The van der Waals surface area contributed by atoms with Crippen molar-refractivity contribution >= 4 is 29.1 Å². The quantitative estimate of drug-likeness (QED) is 0.0676. The Hall–Kier alpha value is -9.85. The minimum Gasteiger partial charge on any atom is -0.478 e. The van der Waals surface area contributed by atoms with Crippen molar-refractivity contribution in [1.29, 1.82) is 0 Å². The molecule has 11 nitrogen and oxygen atoms in total. The fourth-order valence-corrected chi connectivity index (χ4v) is 11.4. The predicted octanol–water partition coefficient (Wildman–Crippen LogP) is 16.7. The number of carboxylic acid groups (broad SMARTS) is 1. The van der Waals surface area contributed by atoms with Gasteiger partial charge in [-0.15, -0.1) is 0 Å². The van der Waals surface area contributed by atoms with E-state index in [1.54, 1.807) is 48.5 Å². The normalized spacial score (nSPS) is 12.2. The van der Waals surface area contributed by atoms with Gasteiger partial charge in [0.1, 0.15) is 6.61 Å². The van der Waals surface area contributed by atoms with E-state index in [-0.39, 0.29) is 25.4 Å². The molecule has 3 aliphatic rings. The molecule has 4 N–H and O–H groups in total. The summed E-state index contributed by atoms with van der Waals surface area (Å²) in [6.45, 7) is 17.3. The maximum atomic E-state index is 12.1. The number of aliphatic hydroxyl groups is 2. The zero-order valence-electron chi connectivity index (χ0n) is 51.2. The van der Waals surface area contributed by atoms with Gasteiger partial charge < -0.3 is 20.1 Å². The molecule has 10 aromatic carbocycles. The second kappa shape index (κ2) is 28.3. The van der Waals surface area contributed by atoms with E-state index in [0.29, 0.717) is 41.0 Å². The Kier molecular flexibility index (Phi) is 20.3. The van der Waals surface area contributed by atoms with E-state index < -0.39 is 29.1 Å². The average molecular weight is 1180 g/mol. The van der Waals surface area contributed by atoms with Crippen LogP contribution in [0.3, 0.4) is 0 Å². The van der Waals surface area contributed by atoms with Gasteiger partial charge in [-0.05, 0) is 157 Å². The summed E-state index contributed by atoms with van der Waals surface area (Å²) in [6, 6.07) is 62.0. The minimum absolute atomic E-state index is 0.00968. The smallest absolute Gasteiger partial charge is 0.336 e. The lowest BCUT2D eigenvalue weighted by molar-refractivity contribution is -0.252. The molecule has 89 heavy (non-hydrogen) atoms. The van der Waals surface area contributed by atoms with Crippen LogP contribution in [0, 0.1) is 55.4 Å². The van der Waals surface area contributed by atoms with Gasteiger partial charge in [-0.3, -0.25) is 24.4 Å². The lowest BCUT2D eigenvalue weighted by atomic mass is 9.82. The molecule has 10 aromatic rings. The molecule has 1 heterocycles. The highest BCUT2D eigenvalue weighted by molar-refractivity contribution is 6.53. The molecule has 0 saturated heterocycles. The second-order valence-corrected chi connectivity index (χ2v) is 22.7. The van der Waals surface area contributed by atoms with Gasteiger partial charge >= 0.3 is 5.97 Å². The SMILES string of the molecule is Cc1ccc(-c2ccc(C)cc2C(=O)O)c(COO)c1.Cc1ccc(-c2ccc(C)cc2CO)c(CO)c1.Cc1ccc2c(c1)C(=O)C(=O)c1cc(C)ccc1-2.Cc1ccc2c(c1)COCc1cc(C)ccc1-2.O=C1C(=O)c2ccccc2-c2ccccc21. The summed E-state index contributed by atoms with van der Waals surface area (Å²) in [5.41, 5.74) is 25.6. The fourth-order valence-electron chi connectivity index (χ4n) is 11.4. The van der Waals surface area contributed by atoms with Crippen LogP contribution >= 0.6 is 0 Å². The topological polar surface area (TPSA) is 185 Å². The molecule has 0 spiro atoms. The van der Waals surface area contributed by atoms with Crippen molar-refractivity contribution < 1.29 is 54.2 Å². The Morgan fingerprint density at radius 3 is 1.02 bits per heavy atom. The van der Waals surface area contributed by atoms with Gasteiger partial charge in [0.05, 0.1) is 32.0 Å². The monoisotopic (exact) mass is 1180 g/mol. The molecule has 0 bridgehead atoms. The number of hydrogen-bond acceptors (Lipinski definition) is 10. The number of aryl methyl sites for hydroxylation is 8. The van der Waals surface area contributed by atoms with E-state index >= 15 is 0 Å². The molecule has 448 valence electrons. The van der Waals surface area contributed by atoms with Crippen LogP contribution in [0.1, 0.15) is 124 Å². The molecule has 0 atom stereocenters. The highest BCUT2D eigenvalue weighted by Gasteiger charge is 2.31. The zero-order valence-corrected chi connectivity index (χ0v) is 51.2. The molecule has 0 unspecified atom stereocenters. The van der Waals surface area contributed by atoms with Gasteiger partial charge in [0.25, 0.3) is 0 Å². The summed E-state index contributed by atoms with van der Waals surface area (Å²) in [4.78, 5) is 63.5. The summed E-state index contributed by atoms with van der Waals surface area (Å²) in [6.07, 6.45) is 0. The van der Waals surface area contributed by atoms with Crippen LogP contribution in [0.5, 0.6) is 0 Å². The molecule has 11 heteroatoms. The van der Waals surface area contributed by atoms with Gasteiger partial charge in [-0.25, -0.2) is 9.68 Å². The van der Waals surface area contributed by atoms with E-state index in [1.807, 2.05) is 151 Å². The van der Waals surface area contributed by atoms with Crippen LogP contribution in [0.4, 0.5) is 0 Å². The van der Waals surface area contributed by atoms with E-state index in [0.717, 1.165) is 89.0 Å². The third-order valence-electron chi connectivity index (χ3n) is 15.8. The molecule has 0 amide bonds. The van der Waals surface area contributed by atoms with Crippen molar-refractivity contribution in [3.63, 3.8) is 0 Å². The maximum Gasteiger partial charge on any atom is 0.336 e. The lowest BCUT2D eigenvalue weighted by Gasteiger charge is -2.18. The number of rotatable bonds is 7. The number of fused-ring (bicyclic) bond motifs is 9. The Morgan fingerprint density at radius 1 is 0.348 bits per heavy atom. The molecule has 2 aliphatic carbocycles. The number of aromatic carboxylic acids is 1. The highest BCUT2D eigenvalue weighted by atomic mass is 17.1. The third-order valence-corrected chi connectivity index (χ3v) is 15.8. The molecule has 1 aliphatic heterocycles. The minimum atomic E-state index is -0.972. The Labute approximate surface area is 519 Å². The summed E-state index contributed by atoms with van der Waals surface area (Å²) < 4.78 is 5.76. The summed E-state index contributed by atoms with van der Waals surface area (Å²) >= 11 is 0. The number of hydrogen-bond donors (Lipinski definition) is 4. The molecular weight excluding hydrogens is 1110 g/mol. The lowest BCUT2D eigenvalue weighted by Crippen LogP contribution is -2.21. The first-order chi connectivity index (χ1) is 42.8. The van der Waals surface area contributed by atoms with Crippen LogP contribution in [-0.2, 0) is 42.7 Å². The summed E-state index contributed by atoms with van der Waals surface area (Å²) in [5, 5.41) is 37.0. The third kappa shape index (κ3) is 14.4. The van der Waals surface area contributed by atoms with Crippen LogP contribution in [0.15, 0.2) is 194 Å². The molecule has 0 fully saturated rings. The van der Waals surface area contributed by atoms with Crippen LogP contribution in [0.25, 0.3) is 55.6 Å². The fraction of sp³-hybridized carbons (Fsp3) is 0.167. The van der Waals surface area contributed by atoms with Gasteiger partial charge in [0.2, 0.25) is 23.1 Å². The maximum absolute atomic E-state index is 12.1. The van der Waals surface area contributed by atoms with Crippen molar-refractivity contribution in [2.24, 2.45) is 0 Å². The number of ketones is 4. The first kappa shape index (κ1) is 63.6. The molecule has 13 rings (SSSR count). The number of carboxylic acids is 1. The van der Waals surface area contributed by atoms with Crippen LogP contribution in [-0.4, -0.2) is 49.7 Å². The number of aliphatic hydroxyl groups excluding tert-OH is 2. The Bertz CT molecular complexity index is 4160. The number of Topliss-reactive ketones (excluding diaryl/α,β-unsaturated/α-hetero) is 4. The van der Waals surface area contributed by atoms with Gasteiger partial charge in [-0.2, -0.15) is 0 Å². The molecule has 0 saturated carbocycles. The van der Waals surface area contributed by atoms with E-state index in [4.69, 9.17) is 9.99 Å². The Morgan fingerprint density at radius 2 is 0.640 bits per heavy atom. The van der Waals surface area contributed by atoms with Gasteiger partial charge in [0, 0.05) is 22.3 Å². The van der Waals surface area contributed by atoms with E-state index in [1.165, 1.54) is 33.4 Å². The molecule has 0 radical (unpaired) electrons.